The average molecular weight is 450 g/mol. The summed E-state index contributed by atoms with van der Waals surface area (Å²) in [6.45, 7) is 10.9. The van der Waals surface area contributed by atoms with E-state index in [0.29, 0.717) is 0 Å². The van der Waals surface area contributed by atoms with Crippen molar-refractivity contribution < 1.29 is 0 Å². The normalized spacial score (nSPS) is 19.2. The van der Waals surface area contributed by atoms with Crippen molar-refractivity contribution in [1.29, 1.82) is 0 Å². The number of nitrogens with one attached hydrogen (secondary N) is 2. The van der Waals surface area contributed by atoms with Gasteiger partial charge in [0.05, 0.1) is 6.54 Å². The van der Waals surface area contributed by atoms with Crippen LogP contribution in [0, 0.1) is 5.92 Å². The Labute approximate surface area is 162 Å². The van der Waals surface area contributed by atoms with Gasteiger partial charge in [0.15, 0.2) is 5.96 Å². The van der Waals surface area contributed by atoms with Crippen molar-refractivity contribution in [2.45, 2.75) is 39.7 Å². The standard InChI is InChI=1S/C17H30N4S.HI/c1-3-18-17(20-12-16-7-11-22-14-16)19-8-5-10-21-9-4-6-15(2)13-21;/h7,11,14-15H,3-6,8-10,12-13H2,1-2H3,(H2,18,19,20);1H. The molecule has 4 nitrogen and oxygen atoms in total. The molecule has 0 saturated carbocycles. The third kappa shape index (κ3) is 8.35. The summed E-state index contributed by atoms with van der Waals surface area (Å²) >= 11 is 1.73. The minimum atomic E-state index is 0. The first-order valence-electron chi connectivity index (χ1n) is 8.53. The van der Waals surface area contributed by atoms with Gasteiger partial charge in [-0.3, -0.25) is 0 Å². The lowest BCUT2D eigenvalue weighted by atomic mass is 10.0. The van der Waals surface area contributed by atoms with E-state index >= 15 is 0 Å². The molecular weight excluding hydrogens is 419 g/mol. The molecule has 0 spiro atoms. The van der Waals surface area contributed by atoms with Crippen LogP contribution in [0.4, 0.5) is 0 Å². The number of hydrogen-bond donors (Lipinski definition) is 2. The summed E-state index contributed by atoms with van der Waals surface area (Å²) in [6.07, 6.45) is 3.93. The molecule has 2 N–H and O–H groups in total. The number of nitrogens with zero attached hydrogens (tertiary/aromatic N) is 2. The molecule has 1 aliphatic heterocycles. The van der Waals surface area contributed by atoms with E-state index in [4.69, 9.17) is 0 Å². The van der Waals surface area contributed by atoms with Crippen molar-refractivity contribution in [3.8, 4) is 0 Å². The second-order valence-corrected chi connectivity index (χ2v) is 6.94. The van der Waals surface area contributed by atoms with Gasteiger partial charge in [0, 0.05) is 19.6 Å². The van der Waals surface area contributed by atoms with Crippen LogP contribution >= 0.6 is 35.3 Å². The fourth-order valence-corrected chi connectivity index (χ4v) is 3.55. The average Bonchev–Trinajstić information content (AvgIpc) is 3.02. The molecule has 23 heavy (non-hydrogen) atoms. The third-order valence-electron chi connectivity index (χ3n) is 4.03. The number of hydrogen-bond acceptors (Lipinski definition) is 3. The molecule has 2 heterocycles. The van der Waals surface area contributed by atoms with Crippen LogP contribution in [-0.4, -0.2) is 43.6 Å². The van der Waals surface area contributed by atoms with Gasteiger partial charge in [0.1, 0.15) is 0 Å². The Morgan fingerprint density at radius 1 is 1.43 bits per heavy atom. The number of guanidine groups is 1. The van der Waals surface area contributed by atoms with E-state index in [-0.39, 0.29) is 24.0 Å². The van der Waals surface area contributed by atoms with Gasteiger partial charge in [0.2, 0.25) is 0 Å². The van der Waals surface area contributed by atoms with Crippen molar-refractivity contribution in [1.82, 2.24) is 15.5 Å². The third-order valence-corrected chi connectivity index (χ3v) is 4.76. The summed E-state index contributed by atoms with van der Waals surface area (Å²) in [5, 5.41) is 11.0. The van der Waals surface area contributed by atoms with Crippen LogP contribution in [0.25, 0.3) is 0 Å². The smallest absolute Gasteiger partial charge is 0.191 e. The van der Waals surface area contributed by atoms with Crippen LogP contribution in [0.3, 0.4) is 0 Å². The Kier molecular flexibility index (Phi) is 10.9. The first kappa shape index (κ1) is 20.7. The summed E-state index contributed by atoms with van der Waals surface area (Å²) in [5.74, 6) is 1.80. The highest BCUT2D eigenvalue weighted by Gasteiger charge is 2.15. The van der Waals surface area contributed by atoms with Crippen molar-refractivity contribution in [3.05, 3.63) is 22.4 Å². The van der Waals surface area contributed by atoms with Gasteiger partial charge in [-0.15, -0.1) is 24.0 Å². The molecule has 1 aromatic heterocycles. The molecule has 132 valence electrons. The van der Waals surface area contributed by atoms with E-state index in [1.165, 1.54) is 44.5 Å². The van der Waals surface area contributed by atoms with E-state index in [0.717, 1.165) is 31.5 Å². The van der Waals surface area contributed by atoms with Crippen molar-refractivity contribution in [3.63, 3.8) is 0 Å². The fraction of sp³-hybridized carbons (Fsp3) is 0.706. The maximum absolute atomic E-state index is 4.64. The molecule has 2 rings (SSSR count). The molecule has 0 aliphatic carbocycles. The van der Waals surface area contributed by atoms with Gasteiger partial charge in [-0.05, 0) is 67.6 Å². The monoisotopic (exact) mass is 450 g/mol. The Hall–Kier alpha value is -0.340. The molecule has 1 aliphatic rings. The van der Waals surface area contributed by atoms with E-state index in [2.05, 4.69) is 51.2 Å². The molecule has 1 saturated heterocycles. The molecule has 1 unspecified atom stereocenters. The lowest BCUT2D eigenvalue weighted by Crippen LogP contribution is -2.40. The number of aliphatic imine (C=N–C) groups is 1. The topological polar surface area (TPSA) is 39.7 Å². The molecule has 0 radical (unpaired) electrons. The molecule has 0 amide bonds. The van der Waals surface area contributed by atoms with Gasteiger partial charge < -0.3 is 15.5 Å². The molecule has 1 atom stereocenters. The fourth-order valence-electron chi connectivity index (χ4n) is 2.89. The SMILES string of the molecule is CCNC(=NCc1ccsc1)NCCCN1CCCC(C)C1.I. The van der Waals surface area contributed by atoms with Crippen molar-refractivity contribution >= 4 is 41.3 Å². The lowest BCUT2D eigenvalue weighted by molar-refractivity contribution is 0.182. The Morgan fingerprint density at radius 3 is 3.00 bits per heavy atom. The highest BCUT2D eigenvalue weighted by atomic mass is 127. The largest absolute Gasteiger partial charge is 0.357 e. The summed E-state index contributed by atoms with van der Waals surface area (Å²) in [4.78, 5) is 7.24. The predicted molar refractivity (Wildman–Crippen MR) is 112 cm³/mol. The highest BCUT2D eigenvalue weighted by Crippen LogP contribution is 2.15. The number of rotatable bonds is 7. The van der Waals surface area contributed by atoms with Crippen LogP contribution in [0.5, 0.6) is 0 Å². The summed E-state index contributed by atoms with van der Waals surface area (Å²) in [6, 6.07) is 2.13. The molecule has 1 fully saturated rings. The maximum Gasteiger partial charge on any atom is 0.191 e. The molecule has 1 aromatic rings. The number of halogens is 1. The Morgan fingerprint density at radius 2 is 2.30 bits per heavy atom. The molecular formula is C17H31IN4S. The van der Waals surface area contributed by atoms with Gasteiger partial charge in [0.25, 0.3) is 0 Å². The summed E-state index contributed by atoms with van der Waals surface area (Å²) in [5.41, 5.74) is 1.28. The predicted octanol–water partition coefficient (Wildman–Crippen LogP) is 3.54. The van der Waals surface area contributed by atoms with Gasteiger partial charge >= 0.3 is 0 Å². The maximum atomic E-state index is 4.64. The first-order valence-corrected chi connectivity index (χ1v) is 9.48. The Balaban J connectivity index is 0.00000264. The molecule has 6 heteroatoms. The minimum Gasteiger partial charge on any atom is -0.357 e. The number of piperidine rings is 1. The van der Waals surface area contributed by atoms with E-state index in [9.17, 15) is 0 Å². The summed E-state index contributed by atoms with van der Waals surface area (Å²) in [7, 11) is 0. The quantitative estimate of drug-likeness (QED) is 0.289. The van der Waals surface area contributed by atoms with Gasteiger partial charge in [-0.2, -0.15) is 11.3 Å². The number of likely N-dealkylation sites (tertiary alicyclic amines) is 1. The lowest BCUT2D eigenvalue weighted by Gasteiger charge is -2.30. The van der Waals surface area contributed by atoms with E-state index < -0.39 is 0 Å². The second kappa shape index (κ2) is 12.1. The van der Waals surface area contributed by atoms with E-state index in [1.54, 1.807) is 11.3 Å². The van der Waals surface area contributed by atoms with Crippen LogP contribution in [0.2, 0.25) is 0 Å². The Bertz CT molecular complexity index is 436. The zero-order chi connectivity index (χ0) is 15.6. The first-order chi connectivity index (χ1) is 10.8. The molecule has 0 bridgehead atoms. The zero-order valence-electron chi connectivity index (χ0n) is 14.4. The van der Waals surface area contributed by atoms with Crippen LogP contribution in [0.1, 0.15) is 38.7 Å². The number of thiophene rings is 1. The molecule has 0 aromatic carbocycles. The van der Waals surface area contributed by atoms with Crippen molar-refractivity contribution in [2.24, 2.45) is 10.9 Å². The summed E-state index contributed by atoms with van der Waals surface area (Å²) < 4.78 is 0. The van der Waals surface area contributed by atoms with Gasteiger partial charge in [-0.1, -0.05) is 6.92 Å². The minimum absolute atomic E-state index is 0. The van der Waals surface area contributed by atoms with Crippen molar-refractivity contribution in [2.75, 3.05) is 32.7 Å². The zero-order valence-corrected chi connectivity index (χ0v) is 17.5. The van der Waals surface area contributed by atoms with Gasteiger partial charge in [-0.25, -0.2) is 4.99 Å². The van der Waals surface area contributed by atoms with Crippen LogP contribution in [-0.2, 0) is 6.54 Å². The van der Waals surface area contributed by atoms with E-state index in [1.807, 2.05) is 0 Å². The second-order valence-electron chi connectivity index (χ2n) is 6.16. The van der Waals surface area contributed by atoms with Crippen LogP contribution < -0.4 is 10.6 Å². The van der Waals surface area contributed by atoms with Crippen LogP contribution in [0.15, 0.2) is 21.8 Å². The highest BCUT2D eigenvalue weighted by molar-refractivity contribution is 14.0.